The Morgan fingerprint density at radius 3 is 1.88 bits per heavy atom. The average molecular weight is 366 g/mol. The Balaban J connectivity index is 2.25. The zero-order chi connectivity index (χ0) is 19.3. The lowest BCUT2D eigenvalue weighted by molar-refractivity contribution is -0.137. The molecule has 0 aromatic heterocycles. The van der Waals surface area contributed by atoms with Gasteiger partial charge in [-0.25, -0.2) is 0 Å². The monoisotopic (exact) mass is 366 g/mol. The Morgan fingerprint density at radius 1 is 0.923 bits per heavy atom. The third-order valence-electron chi connectivity index (χ3n) is 3.61. The Labute approximate surface area is 148 Å². The van der Waals surface area contributed by atoms with E-state index in [1.54, 1.807) is 12.1 Å². The summed E-state index contributed by atoms with van der Waals surface area (Å²) in [5, 5.41) is 0. The topological polar surface area (TPSA) is 44.8 Å². The van der Waals surface area contributed by atoms with Gasteiger partial charge in [-0.1, -0.05) is 18.2 Å². The van der Waals surface area contributed by atoms with E-state index < -0.39 is 17.5 Å². The molecule has 0 saturated heterocycles. The summed E-state index contributed by atoms with van der Waals surface area (Å²) >= 11 is 0. The molecule has 0 fully saturated rings. The molecule has 26 heavy (non-hydrogen) atoms. The SMILES string of the molecule is COc1cc(/C=C/C(=O)c2ccc(C(F)(F)F)cc2)cc(OC)c1OC. The smallest absolute Gasteiger partial charge is 0.416 e. The highest BCUT2D eigenvalue weighted by Gasteiger charge is 2.30. The van der Waals surface area contributed by atoms with Crippen molar-refractivity contribution < 1.29 is 32.2 Å². The van der Waals surface area contributed by atoms with Crippen molar-refractivity contribution >= 4 is 11.9 Å². The van der Waals surface area contributed by atoms with Gasteiger partial charge in [-0.2, -0.15) is 13.2 Å². The number of alkyl halides is 3. The predicted molar refractivity (Wildman–Crippen MR) is 90.9 cm³/mol. The van der Waals surface area contributed by atoms with Crippen molar-refractivity contribution in [1.29, 1.82) is 0 Å². The van der Waals surface area contributed by atoms with Crippen LogP contribution in [0.3, 0.4) is 0 Å². The fourth-order valence-electron chi connectivity index (χ4n) is 2.29. The minimum absolute atomic E-state index is 0.154. The normalized spacial score (nSPS) is 11.5. The molecule has 0 saturated carbocycles. The van der Waals surface area contributed by atoms with Crippen LogP contribution in [0.25, 0.3) is 6.08 Å². The number of ketones is 1. The number of carbonyl (C=O) groups is 1. The molecule has 2 rings (SSSR count). The van der Waals surface area contributed by atoms with E-state index in [-0.39, 0.29) is 5.56 Å². The molecule has 0 radical (unpaired) electrons. The standard InChI is InChI=1S/C19H17F3O4/c1-24-16-10-12(11-17(25-2)18(16)26-3)4-9-15(23)13-5-7-14(8-6-13)19(20,21)22/h4-11H,1-3H3/b9-4+. The number of benzene rings is 2. The number of methoxy groups -OCH3 is 3. The van der Waals surface area contributed by atoms with Crippen LogP contribution in [-0.2, 0) is 6.18 Å². The van der Waals surface area contributed by atoms with Crippen LogP contribution in [0, 0.1) is 0 Å². The van der Waals surface area contributed by atoms with E-state index in [0.717, 1.165) is 24.3 Å². The van der Waals surface area contributed by atoms with E-state index in [9.17, 15) is 18.0 Å². The average Bonchev–Trinajstić information content (AvgIpc) is 2.64. The fourth-order valence-corrected chi connectivity index (χ4v) is 2.29. The van der Waals surface area contributed by atoms with Crippen LogP contribution in [0.15, 0.2) is 42.5 Å². The summed E-state index contributed by atoms with van der Waals surface area (Å²) in [5.41, 5.74) is -0.0379. The summed E-state index contributed by atoms with van der Waals surface area (Å²) in [5.74, 6) is 0.843. The van der Waals surface area contributed by atoms with Gasteiger partial charge >= 0.3 is 6.18 Å². The molecule has 0 amide bonds. The van der Waals surface area contributed by atoms with E-state index in [0.29, 0.717) is 22.8 Å². The van der Waals surface area contributed by atoms with Gasteiger partial charge in [-0.3, -0.25) is 4.79 Å². The third kappa shape index (κ3) is 4.36. The maximum Gasteiger partial charge on any atom is 0.416 e. The lowest BCUT2D eigenvalue weighted by Gasteiger charge is -2.12. The van der Waals surface area contributed by atoms with E-state index in [1.807, 2.05) is 0 Å². The lowest BCUT2D eigenvalue weighted by Crippen LogP contribution is -2.05. The Hall–Kier alpha value is -2.96. The summed E-state index contributed by atoms with van der Waals surface area (Å²) in [6.45, 7) is 0. The first-order valence-corrected chi connectivity index (χ1v) is 7.49. The predicted octanol–water partition coefficient (Wildman–Crippen LogP) is 4.63. The molecule has 138 valence electrons. The van der Waals surface area contributed by atoms with Gasteiger partial charge in [0.1, 0.15) is 0 Å². The van der Waals surface area contributed by atoms with Crippen LogP contribution >= 0.6 is 0 Å². The summed E-state index contributed by atoms with van der Waals surface area (Å²) in [6, 6.07) is 7.34. The zero-order valence-electron chi connectivity index (χ0n) is 14.4. The van der Waals surface area contributed by atoms with Crippen molar-refractivity contribution in [3.8, 4) is 17.2 Å². The minimum Gasteiger partial charge on any atom is -0.493 e. The van der Waals surface area contributed by atoms with Gasteiger partial charge in [-0.05, 0) is 35.9 Å². The molecule has 7 heteroatoms. The number of halogens is 3. The highest BCUT2D eigenvalue weighted by molar-refractivity contribution is 6.06. The van der Waals surface area contributed by atoms with Crippen molar-refractivity contribution in [2.24, 2.45) is 0 Å². The number of allylic oxidation sites excluding steroid dienone is 1. The van der Waals surface area contributed by atoms with Crippen LogP contribution < -0.4 is 14.2 Å². The second-order valence-electron chi connectivity index (χ2n) is 5.23. The molecule has 0 N–H and O–H groups in total. The Kier molecular flexibility index (Phi) is 5.92. The molecule has 0 atom stereocenters. The van der Waals surface area contributed by atoms with Gasteiger partial charge in [0, 0.05) is 5.56 Å². The molecular formula is C19H17F3O4. The molecule has 0 heterocycles. The van der Waals surface area contributed by atoms with Crippen LogP contribution in [0.2, 0.25) is 0 Å². The number of ether oxygens (including phenoxy) is 3. The molecule has 2 aromatic rings. The molecule has 0 bridgehead atoms. The van der Waals surface area contributed by atoms with E-state index >= 15 is 0 Å². The van der Waals surface area contributed by atoms with Gasteiger partial charge in [0.2, 0.25) is 5.75 Å². The molecule has 0 aliphatic rings. The van der Waals surface area contributed by atoms with Crippen LogP contribution in [0.5, 0.6) is 17.2 Å². The van der Waals surface area contributed by atoms with Gasteiger partial charge < -0.3 is 14.2 Å². The lowest BCUT2D eigenvalue weighted by atomic mass is 10.1. The second kappa shape index (κ2) is 7.95. The first-order chi connectivity index (χ1) is 12.3. The summed E-state index contributed by atoms with van der Waals surface area (Å²) in [6.07, 6.45) is -1.65. The van der Waals surface area contributed by atoms with Gasteiger partial charge in [0.25, 0.3) is 0 Å². The number of carbonyl (C=O) groups excluding carboxylic acids is 1. The number of hydrogen-bond donors (Lipinski definition) is 0. The molecule has 2 aromatic carbocycles. The molecule has 0 aliphatic heterocycles. The molecular weight excluding hydrogens is 349 g/mol. The van der Waals surface area contributed by atoms with Crippen molar-refractivity contribution in [2.45, 2.75) is 6.18 Å². The van der Waals surface area contributed by atoms with Crippen molar-refractivity contribution in [3.63, 3.8) is 0 Å². The van der Waals surface area contributed by atoms with E-state index in [1.165, 1.54) is 33.5 Å². The highest BCUT2D eigenvalue weighted by atomic mass is 19.4. The van der Waals surface area contributed by atoms with Gasteiger partial charge in [0.15, 0.2) is 17.3 Å². The fraction of sp³-hybridized carbons (Fsp3) is 0.211. The largest absolute Gasteiger partial charge is 0.493 e. The highest BCUT2D eigenvalue weighted by Crippen LogP contribution is 2.38. The van der Waals surface area contributed by atoms with Crippen molar-refractivity contribution in [2.75, 3.05) is 21.3 Å². The summed E-state index contributed by atoms with van der Waals surface area (Å²) < 4.78 is 53.4. The van der Waals surface area contributed by atoms with Gasteiger partial charge in [0.05, 0.1) is 26.9 Å². The number of rotatable bonds is 6. The number of hydrogen-bond acceptors (Lipinski definition) is 4. The molecule has 0 spiro atoms. The molecule has 4 nitrogen and oxygen atoms in total. The summed E-state index contributed by atoms with van der Waals surface area (Å²) in [7, 11) is 4.42. The van der Waals surface area contributed by atoms with Gasteiger partial charge in [-0.15, -0.1) is 0 Å². The quantitative estimate of drug-likeness (QED) is 0.552. The second-order valence-corrected chi connectivity index (χ2v) is 5.23. The van der Waals surface area contributed by atoms with Crippen molar-refractivity contribution in [1.82, 2.24) is 0 Å². The first kappa shape index (κ1) is 19.4. The summed E-state index contributed by atoms with van der Waals surface area (Å²) in [4.78, 5) is 12.2. The van der Waals surface area contributed by atoms with E-state index in [2.05, 4.69) is 0 Å². The molecule has 0 aliphatic carbocycles. The maximum absolute atomic E-state index is 12.6. The first-order valence-electron chi connectivity index (χ1n) is 7.49. The minimum atomic E-state index is -4.44. The van der Waals surface area contributed by atoms with Crippen LogP contribution in [0.4, 0.5) is 13.2 Å². The van der Waals surface area contributed by atoms with E-state index in [4.69, 9.17) is 14.2 Å². The van der Waals surface area contributed by atoms with Crippen LogP contribution in [-0.4, -0.2) is 27.1 Å². The molecule has 0 unspecified atom stereocenters. The zero-order valence-corrected chi connectivity index (χ0v) is 14.4. The Bertz CT molecular complexity index is 784. The maximum atomic E-state index is 12.6. The van der Waals surface area contributed by atoms with Crippen LogP contribution in [0.1, 0.15) is 21.5 Å². The van der Waals surface area contributed by atoms with Crippen molar-refractivity contribution in [3.05, 3.63) is 59.2 Å². The third-order valence-corrected chi connectivity index (χ3v) is 3.61. The Morgan fingerprint density at radius 2 is 1.46 bits per heavy atom.